The van der Waals surface area contributed by atoms with Crippen LogP contribution in [-0.2, 0) is 0 Å². The Balaban J connectivity index is 2.92. The average molecular weight is 241 g/mol. The van der Waals surface area contributed by atoms with Crippen LogP contribution in [0.1, 0.15) is 23.7 Å². The van der Waals surface area contributed by atoms with Crippen LogP contribution < -0.4 is 5.32 Å². The van der Waals surface area contributed by atoms with E-state index in [9.17, 15) is 4.79 Å². The molecular weight excluding hydrogens is 228 g/mol. The first-order chi connectivity index (χ1) is 7.56. The number of nitrogens with one attached hydrogen (secondary N) is 1. The highest BCUT2D eigenvalue weighted by atomic mass is 35.5. The normalized spacial score (nSPS) is 11.9. The topological polar surface area (TPSA) is 62.2 Å². The van der Waals surface area contributed by atoms with E-state index in [1.165, 1.54) is 12.3 Å². The van der Waals surface area contributed by atoms with Crippen molar-refractivity contribution in [2.75, 3.05) is 5.32 Å². The van der Waals surface area contributed by atoms with E-state index in [4.69, 9.17) is 16.7 Å². The molecule has 1 rings (SSSR count). The Kier molecular flexibility index (Phi) is 4.31. The van der Waals surface area contributed by atoms with Crippen molar-refractivity contribution in [3.8, 4) is 0 Å². The first kappa shape index (κ1) is 12.5. The molecule has 0 fully saturated rings. The van der Waals surface area contributed by atoms with Gasteiger partial charge in [-0.15, -0.1) is 6.58 Å². The highest BCUT2D eigenvalue weighted by Gasteiger charge is 2.14. The molecule has 0 radical (unpaired) electrons. The molecule has 16 heavy (non-hydrogen) atoms. The van der Waals surface area contributed by atoms with Crippen LogP contribution in [0, 0.1) is 0 Å². The number of aromatic carboxylic acids is 1. The first-order valence-electron chi connectivity index (χ1n) is 4.81. The SMILES string of the molecule is C=CCC(C)Nc1nccc(C(=O)O)c1Cl. The van der Waals surface area contributed by atoms with Gasteiger partial charge in [-0.2, -0.15) is 0 Å². The summed E-state index contributed by atoms with van der Waals surface area (Å²) in [6.07, 6.45) is 3.93. The standard InChI is InChI=1S/C11H13ClN2O2/c1-3-4-7(2)14-10-9(12)8(11(15)16)5-6-13-10/h3,5-7H,1,4H2,2H3,(H,13,14)(H,15,16). The zero-order chi connectivity index (χ0) is 12.1. The lowest BCUT2D eigenvalue weighted by Crippen LogP contribution is -2.16. The molecule has 0 saturated carbocycles. The van der Waals surface area contributed by atoms with Crippen molar-refractivity contribution >= 4 is 23.4 Å². The molecule has 1 unspecified atom stereocenters. The van der Waals surface area contributed by atoms with Gasteiger partial charge in [-0.25, -0.2) is 9.78 Å². The van der Waals surface area contributed by atoms with Crippen LogP contribution in [0.15, 0.2) is 24.9 Å². The number of rotatable bonds is 5. The van der Waals surface area contributed by atoms with Crippen molar-refractivity contribution in [2.24, 2.45) is 0 Å². The summed E-state index contributed by atoms with van der Waals surface area (Å²) in [4.78, 5) is 14.8. The van der Waals surface area contributed by atoms with Crippen LogP contribution in [0.2, 0.25) is 5.02 Å². The van der Waals surface area contributed by atoms with Gasteiger partial charge in [0.2, 0.25) is 0 Å². The van der Waals surface area contributed by atoms with E-state index in [0.717, 1.165) is 6.42 Å². The van der Waals surface area contributed by atoms with Crippen molar-refractivity contribution in [3.63, 3.8) is 0 Å². The number of hydrogen-bond donors (Lipinski definition) is 2. The number of pyridine rings is 1. The fourth-order valence-corrected chi connectivity index (χ4v) is 1.50. The molecule has 1 atom stereocenters. The zero-order valence-electron chi connectivity index (χ0n) is 8.90. The molecular formula is C11H13ClN2O2. The number of anilines is 1. The molecule has 1 aromatic heterocycles. The number of halogens is 1. The molecule has 86 valence electrons. The zero-order valence-corrected chi connectivity index (χ0v) is 9.66. The lowest BCUT2D eigenvalue weighted by molar-refractivity contribution is 0.0697. The van der Waals surface area contributed by atoms with E-state index in [-0.39, 0.29) is 16.6 Å². The Morgan fingerprint density at radius 2 is 2.50 bits per heavy atom. The Hall–Kier alpha value is -1.55. The van der Waals surface area contributed by atoms with Crippen molar-refractivity contribution < 1.29 is 9.90 Å². The number of nitrogens with zero attached hydrogens (tertiary/aromatic N) is 1. The van der Waals surface area contributed by atoms with Crippen LogP contribution in [0.25, 0.3) is 0 Å². The molecule has 0 spiro atoms. The lowest BCUT2D eigenvalue weighted by atomic mass is 10.2. The summed E-state index contributed by atoms with van der Waals surface area (Å²) < 4.78 is 0. The van der Waals surface area contributed by atoms with Crippen LogP contribution >= 0.6 is 11.6 Å². The van der Waals surface area contributed by atoms with E-state index in [2.05, 4.69) is 16.9 Å². The highest BCUT2D eigenvalue weighted by Crippen LogP contribution is 2.24. The third kappa shape index (κ3) is 2.97. The van der Waals surface area contributed by atoms with E-state index < -0.39 is 5.97 Å². The van der Waals surface area contributed by atoms with Crippen molar-refractivity contribution in [3.05, 3.63) is 35.5 Å². The number of carbonyl (C=O) groups is 1. The maximum atomic E-state index is 10.8. The van der Waals surface area contributed by atoms with Gasteiger partial charge in [-0.1, -0.05) is 17.7 Å². The van der Waals surface area contributed by atoms with Crippen LogP contribution in [0.4, 0.5) is 5.82 Å². The minimum atomic E-state index is -1.06. The second-order valence-electron chi connectivity index (χ2n) is 3.40. The average Bonchev–Trinajstić information content (AvgIpc) is 2.21. The van der Waals surface area contributed by atoms with Gasteiger partial charge in [-0.05, 0) is 19.4 Å². The number of carboxylic acid groups (broad SMARTS) is 1. The maximum Gasteiger partial charge on any atom is 0.337 e. The van der Waals surface area contributed by atoms with Crippen molar-refractivity contribution in [1.82, 2.24) is 4.98 Å². The summed E-state index contributed by atoms with van der Waals surface area (Å²) in [5.41, 5.74) is 0.0463. The van der Waals surface area contributed by atoms with Gasteiger partial charge in [0, 0.05) is 12.2 Å². The van der Waals surface area contributed by atoms with Crippen molar-refractivity contribution in [1.29, 1.82) is 0 Å². The largest absolute Gasteiger partial charge is 0.478 e. The third-order valence-electron chi connectivity index (χ3n) is 2.02. The van der Waals surface area contributed by atoms with Gasteiger partial charge >= 0.3 is 5.97 Å². The summed E-state index contributed by atoms with van der Waals surface area (Å²) in [5, 5.41) is 12.0. The van der Waals surface area contributed by atoms with Gasteiger partial charge in [0.1, 0.15) is 5.82 Å². The predicted molar refractivity (Wildman–Crippen MR) is 64.1 cm³/mol. The molecule has 1 heterocycles. The number of aromatic nitrogens is 1. The summed E-state index contributed by atoms with van der Waals surface area (Å²) in [6.45, 7) is 5.56. The molecule has 0 amide bonds. The van der Waals surface area contributed by atoms with Gasteiger partial charge in [0.05, 0.1) is 10.6 Å². The Morgan fingerprint density at radius 1 is 1.81 bits per heavy atom. The van der Waals surface area contributed by atoms with Crippen LogP contribution in [0.5, 0.6) is 0 Å². The van der Waals surface area contributed by atoms with E-state index in [1.54, 1.807) is 6.08 Å². The number of hydrogen-bond acceptors (Lipinski definition) is 3. The molecule has 1 aromatic rings. The maximum absolute atomic E-state index is 10.8. The Morgan fingerprint density at radius 3 is 3.06 bits per heavy atom. The molecule has 5 heteroatoms. The minimum absolute atomic E-state index is 0.0463. The predicted octanol–water partition coefficient (Wildman–Crippen LogP) is 2.81. The second-order valence-corrected chi connectivity index (χ2v) is 3.77. The molecule has 4 nitrogen and oxygen atoms in total. The summed E-state index contributed by atoms with van der Waals surface area (Å²) in [6, 6.07) is 1.47. The number of carboxylic acids is 1. The summed E-state index contributed by atoms with van der Waals surface area (Å²) in [7, 11) is 0. The third-order valence-corrected chi connectivity index (χ3v) is 2.41. The molecule has 2 N–H and O–H groups in total. The van der Waals surface area contributed by atoms with E-state index >= 15 is 0 Å². The van der Waals surface area contributed by atoms with Crippen LogP contribution in [0.3, 0.4) is 0 Å². The smallest absolute Gasteiger partial charge is 0.337 e. The van der Waals surface area contributed by atoms with Gasteiger partial charge in [0.15, 0.2) is 0 Å². The van der Waals surface area contributed by atoms with Gasteiger partial charge in [0.25, 0.3) is 0 Å². The highest BCUT2D eigenvalue weighted by molar-refractivity contribution is 6.35. The molecule has 0 aliphatic rings. The molecule has 0 aliphatic carbocycles. The molecule has 0 aliphatic heterocycles. The Bertz CT molecular complexity index is 407. The molecule has 0 aromatic carbocycles. The molecule has 0 saturated heterocycles. The monoisotopic (exact) mass is 240 g/mol. The quantitative estimate of drug-likeness (QED) is 0.777. The van der Waals surface area contributed by atoms with E-state index in [0.29, 0.717) is 5.82 Å². The first-order valence-corrected chi connectivity index (χ1v) is 5.19. The molecule has 0 bridgehead atoms. The van der Waals surface area contributed by atoms with E-state index in [1.807, 2.05) is 6.92 Å². The van der Waals surface area contributed by atoms with Crippen molar-refractivity contribution in [2.45, 2.75) is 19.4 Å². The van der Waals surface area contributed by atoms with Gasteiger partial charge < -0.3 is 10.4 Å². The van der Waals surface area contributed by atoms with Gasteiger partial charge in [-0.3, -0.25) is 0 Å². The second kappa shape index (κ2) is 5.51. The fourth-order valence-electron chi connectivity index (χ4n) is 1.25. The Labute approximate surface area is 99.0 Å². The summed E-state index contributed by atoms with van der Waals surface area (Å²) >= 11 is 5.92. The lowest BCUT2D eigenvalue weighted by Gasteiger charge is -2.14. The fraction of sp³-hybridized carbons (Fsp3) is 0.273. The minimum Gasteiger partial charge on any atom is -0.478 e. The summed E-state index contributed by atoms with van der Waals surface area (Å²) in [5.74, 6) is -0.678. The van der Waals surface area contributed by atoms with Crippen LogP contribution in [-0.4, -0.2) is 22.1 Å².